The van der Waals surface area contributed by atoms with E-state index < -0.39 is 23.8 Å². The fourth-order valence-electron chi connectivity index (χ4n) is 4.37. The Balaban J connectivity index is 2.06. The molecule has 8 heteroatoms. The van der Waals surface area contributed by atoms with Gasteiger partial charge in [0, 0.05) is 28.6 Å². The number of thioether (sulfide) groups is 1. The predicted octanol–water partition coefficient (Wildman–Crippen LogP) is 3.30. The summed E-state index contributed by atoms with van der Waals surface area (Å²) in [5, 5.41) is 13.0. The Morgan fingerprint density at radius 3 is 2.56 bits per heavy atom. The third kappa shape index (κ3) is 4.70. The van der Waals surface area contributed by atoms with Crippen molar-refractivity contribution < 1.29 is 29.0 Å². The lowest BCUT2D eigenvalue weighted by atomic mass is 9.69. The number of carbonyl (C=O) groups excluding carboxylic acids is 3. The Morgan fingerprint density at radius 1 is 1.25 bits per heavy atom. The van der Waals surface area contributed by atoms with Crippen LogP contribution >= 0.6 is 11.8 Å². The molecule has 3 atom stereocenters. The average Bonchev–Trinajstić information content (AvgIpc) is 2.76. The maximum atomic E-state index is 13.6. The number of hydrogen-bond acceptors (Lipinski definition) is 8. The first-order valence-electron chi connectivity index (χ1n) is 10.7. The molecular weight excluding hydrogens is 430 g/mol. The number of hydrogen-bond donors (Lipinski definition) is 2. The summed E-state index contributed by atoms with van der Waals surface area (Å²) in [6.45, 7) is 5.93. The molecule has 3 rings (SSSR count). The fourth-order valence-corrected chi connectivity index (χ4v) is 4.86. The molecule has 7 nitrogen and oxygen atoms in total. The van der Waals surface area contributed by atoms with E-state index in [9.17, 15) is 19.5 Å². The summed E-state index contributed by atoms with van der Waals surface area (Å²) >= 11 is 1.67. The molecule has 0 saturated heterocycles. The number of nitrogens with one attached hydrogen (secondary N) is 1. The fraction of sp³-hybridized carbons (Fsp3) is 0.458. The Kier molecular flexibility index (Phi) is 7.66. The number of benzene rings is 1. The molecular formula is C24H29NO6S. The number of rotatable bonds is 7. The lowest BCUT2D eigenvalue weighted by molar-refractivity contribution is -0.151. The van der Waals surface area contributed by atoms with Crippen molar-refractivity contribution in [2.45, 2.75) is 33.1 Å². The molecule has 1 aliphatic heterocycles. The van der Waals surface area contributed by atoms with Crippen LogP contribution in [0.4, 0.5) is 0 Å². The van der Waals surface area contributed by atoms with Gasteiger partial charge in [0.1, 0.15) is 18.3 Å². The first kappa shape index (κ1) is 23.9. The van der Waals surface area contributed by atoms with Gasteiger partial charge in [0.05, 0.1) is 12.7 Å². The Labute approximate surface area is 192 Å². The van der Waals surface area contributed by atoms with Gasteiger partial charge in [0.2, 0.25) is 0 Å². The molecule has 0 spiro atoms. The highest BCUT2D eigenvalue weighted by molar-refractivity contribution is 7.99. The number of allylic oxidation sites excluding steroid dienone is 3. The van der Waals surface area contributed by atoms with E-state index in [-0.39, 0.29) is 24.1 Å². The van der Waals surface area contributed by atoms with Gasteiger partial charge in [-0.25, -0.2) is 4.79 Å². The molecule has 0 amide bonds. The van der Waals surface area contributed by atoms with Gasteiger partial charge < -0.3 is 19.9 Å². The standard InChI is InChI=1S/C24H29NO6S/c1-5-32-11-10-31-24(29)19-14(3)25-17-12-13(2)18(23(28)30-4)22(27)21(17)20(19)15-6-8-16(26)9-7-15/h6-9,13,18,20,25-26H,5,10-12H2,1-4H3/t13-,18+,20-/m0/s1. The highest BCUT2D eigenvalue weighted by Crippen LogP contribution is 2.45. The molecule has 172 valence electrons. The molecule has 0 bridgehead atoms. The maximum Gasteiger partial charge on any atom is 0.336 e. The molecule has 1 aliphatic carbocycles. The first-order valence-corrected chi connectivity index (χ1v) is 11.8. The summed E-state index contributed by atoms with van der Waals surface area (Å²) in [5.74, 6) is -1.63. The van der Waals surface area contributed by atoms with Crippen molar-refractivity contribution in [2.24, 2.45) is 11.8 Å². The van der Waals surface area contributed by atoms with Crippen molar-refractivity contribution in [2.75, 3.05) is 25.2 Å². The van der Waals surface area contributed by atoms with E-state index in [0.717, 1.165) is 5.75 Å². The quantitative estimate of drug-likeness (QED) is 0.364. The Bertz CT molecular complexity index is 965. The van der Waals surface area contributed by atoms with Gasteiger partial charge >= 0.3 is 11.9 Å². The lowest BCUT2D eigenvalue weighted by Gasteiger charge is -2.38. The van der Waals surface area contributed by atoms with Gasteiger partial charge in [0.25, 0.3) is 0 Å². The molecule has 2 N–H and O–H groups in total. The molecule has 1 aromatic carbocycles. The summed E-state index contributed by atoms with van der Waals surface area (Å²) in [7, 11) is 1.27. The van der Waals surface area contributed by atoms with Gasteiger partial charge in [-0.1, -0.05) is 26.0 Å². The zero-order chi connectivity index (χ0) is 23.4. The minimum atomic E-state index is -0.934. The van der Waals surface area contributed by atoms with Gasteiger partial charge in [-0.05, 0) is 42.7 Å². The Morgan fingerprint density at radius 2 is 1.94 bits per heavy atom. The van der Waals surface area contributed by atoms with Crippen LogP contribution in [0, 0.1) is 11.8 Å². The second-order valence-electron chi connectivity index (χ2n) is 7.96. The van der Waals surface area contributed by atoms with E-state index in [4.69, 9.17) is 9.47 Å². The highest BCUT2D eigenvalue weighted by atomic mass is 32.2. The van der Waals surface area contributed by atoms with Crippen LogP contribution in [0.1, 0.15) is 38.7 Å². The molecule has 2 aliphatic rings. The van der Waals surface area contributed by atoms with Crippen LogP contribution in [0.25, 0.3) is 0 Å². The highest BCUT2D eigenvalue weighted by Gasteiger charge is 2.47. The largest absolute Gasteiger partial charge is 0.508 e. The molecule has 0 aromatic heterocycles. The van der Waals surface area contributed by atoms with Crippen molar-refractivity contribution in [1.82, 2.24) is 5.32 Å². The minimum Gasteiger partial charge on any atom is -0.508 e. The van der Waals surface area contributed by atoms with Gasteiger partial charge in [-0.2, -0.15) is 11.8 Å². The van der Waals surface area contributed by atoms with E-state index in [1.807, 2.05) is 13.8 Å². The number of carbonyl (C=O) groups is 3. The van der Waals surface area contributed by atoms with Crippen molar-refractivity contribution >= 4 is 29.5 Å². The summed E-state index contributed by atoms with van der Waals surface area (Å²) in [4.78, 5) is 39.1. The summed E-state index contributed by atoms with van der Waals surface area (Å²) < 4.78 is 10.4. The van der Waals surface area contributed by atoms with Crippen LogP contribution in [-0.2, 0) is 23.9 Å². The number of methoxy groups -OCH3 is 1. The summed E-state index contributed by atoms with van der Waals surface area (Å²) in [5.41, 5.74) is 2.70. The first-order chi connectivity index (χ1) is 15.3. The Hall–Kier alpha value is -2.74. The third-order valence-corrected chi connectivity index (χ3v) is 6.72. The second-order valence-corrected chi connectivity index (χ2v) is 9.35. The summed E-state index contributed by atoms with van der Waals surface area (Å²) in [6.07, 6.45) is 0.474. The molecule has 1 aromatic rings. The van der Waals surface area contributed by atoms with Crippen molar-refractivity contribution in [3.63, 3.8) is 0 Å². The van der Waals surface area contributed by atoms with E-state index in [1.54, 1.807) is 30.8 Å². The lowest BCUT2D eigenvalue weighted by Crippen LogP contribution is -2.43. The minimum absolute atomic E-state index is 0.0781. The van der Waals surface area contributed by atoms with Gasteiger partial charge in [-0.3, -0.25) is 9.59 Å². The number of aromatic hydroxyl groups is 1. The number of esters is 2. The molecule has 1 heterocycles. The van der Waals surface area contributed by atoms with Crippen molar-refractivity contribution in [3.8, 4) is 5.75 Å². The van der Waals surface area contributed by atoms with Crippen molar-refractivity contribution in [3.05, 3.63) is 52.4 Å². The smallest absolute Gasteiger partial charge is 0.336 e. The van der Waals surface area contributed by atoms with E-state index in [2.05, 4.69) is 5.32 Å². The van der Waals surface area contributed by atoms with E-state index in [0.29, 0.717) is 40.3 Å². The van der Waals surface area contributed by atoms with Gasteiger partial charge in [0.15, 0.2) is 5.78 Å². The number of phenolic OH excluding ortho intramolecular Hbond substituents is 1. The number of Topliss-reactive ketones (excluding diaryl/α,β-unsaturated/α-hetero) is 1. The third-order valence-electron chi connectivity index (χ3n) is 5.85. The molecule has 0 radical (unpaired) electrons. The van der Waals surface area contributed by atoms with Crippen LogP contribution in [0.3, 0.4) is 0 Å². The van der Waals surface area contributed by atoms with Crippen LogP contribution in [0.2, 0.25) is 0 Å². The number of phenols is 1. The normalized spacial score (nSPS) is 22.9. The average molecular weight is 460 g/mol. The summed E-state index contributed by atoms with van der Waals surface area (Å²) in [6, 6.07) is 6.40. The van der Waals surface area contributed by atoms with Gasteiger partial charge in [-0.15, -0.1) is 0 Å². The number of ether oxygens (including phenoxy) is 2. The topological polar surface area (TPSA) is 102 Å². The monoisotopic (exact) mass is 459 g/mol. The molecule has 0 saturated carbocycles. The van der Waals surface area contributed by atoms with Crippen LogP contribution in [0.5, 0.6) is 5.75 Å². The zero-order valence-electron chi connectivity index (χ0n) is 18.8. The number of ketones is 1. The van der Waals surface area contributed by atoms with Crippen LogP contribution < -0.4 is 5.32 Å². The predicted molar refractivity (Wildman–Crippen MR) is 122 cm³/mol. The molecule has 32 heavy (non-hydrogen) atoms. The second kappa shape index (κ2) is 10.3. The van der Waals surface area contributed by atoms with Crippen molar-refractivity contribution in [1.29, 1.82) is 0 Å². The van der Waals surface area contributed by atoms with E-state index >= 15 is 0 Å². The number of dihydropyridines is 1. The zero-order valence-corrected chi connectivity index (χ0v) is 19.6. The maximum absolute atomic E-state index is 13.6. The molecule has 0 unspecified atom stereocenters. The van der Waals surface area contributed by atoms with E-state index in [1.165, 1.54) is 19.2 Å². The SMILES string of the molecule is CCSCCOC(=O)C1=C(C)NC2=C(C(=O)[C@H](C(=O)OC)[C@@H](C)C2)[C@H]1c1ccc(O)cc1. The van der Waals surface area contributed by atoms with Crippen LogP contribution in [-0.4, -0.2) is 48.1 Å². The van der Waals surface area contributed by atoms with Crippen LogP contribution in [0.15, 0.2) is 46.8 Å². The molecule has 0 fully saturated rings.